The molecule has 2 N–H and O–H groups in total. The number of rotatable bonds is 5. The molecule has 1 heterocycles. The van der Waals surface area contributed by atoms with E-state index in [0.29, 0.717) is 5.56 Å². The van der Waals surface area contributed by atoms with Crippen LogP contribution in [0.15, 0.2) is 52.4 Å². The van der Waals surface area contributed by atoms with Crippen LogP contribution in [0.4, 0.5) is 14.7 Å². The number of H-pyrrole nitrogens is 1. The number of carbonyl (C=O) groups excluding carboxylic acids is 1. The summed E-state index contributed by atoms with van der Waals surface area (Å²) in [6, 6.07) is 12.0. The van der Waals surface area contributed by atoms with Gasteiger partial charge in [-0.3, -0.25) is 9.78 Å². The number of nitrogens with one attached hydrogen (secondary N) is 2. The predicted molar refractivity (Wildman–Crippen MR) is 118 cm³/mol. The van der Waals surface area contributed by atoms with Crippen LogP contribution in [0.25, 0.3) is 11.3 Å². The molecule has 0 fully saturated rings. The van der Waals surface area contributed by atoms with Crippen molar-refractivity contribution < 1.29 is 18.3 Å². The second-order valence-electron chi connectivity index (χ2n) is 7.84. The number of hydrogen-bond donors (Lipinski definition) is 2. The molecule has 0 radical (unpaired) electrons. The lowest BCUT2D eigenvalue weighted by Crippen LogP contribution is -2.24. The lowest BCUT2D eigenvalue weighted by molar-refractivity contribution is 0.00684. The summed E-state index contributed by atoms with van der Waals surface area (Å²) >= 11 is 0. The summed E-state index contributed by atoms with van der Waals surface area (Å²) in [4.78, 5) is 30.8. The molecular formula is C23H19F2N5O3. The van der Waals surface area contributed by atoms with Gasteiger partial charge in [0.2, 0.25) is 5.95 Å². The van der Waals surface area contributed by atoms with Gasteiger partial charge in [-0.15, -0.1) is 0 Å². The van der Waals surface area contributed by atoms with Gasteiger partial charge in [0.1, 0.15) is 28.9 Å². The van der Waals surface area contributed by atoms with Gasteiger partial charge in [-0.25, -0.2) is 24.0 Å². The first-order valence-corrected chi connectivity index (χ1v) is 9.70. The highest BCUT2D eigenvalue weighted by molar-refractivity contribution is 5.91. The number of ether oxygens (including phenoxy) is 1. The number of carbonyl (C=O) groups is 1. The maximum atomic E-state index is 14.4. The van der Waals surface area contributed by atoms with Gasteiger partial charge in [0.15, 0.2) is 0 Å². The van der Waals surface area contributed by atoms with Crippen LogP contribution in [0, 0.1) is 23.0 Å². The second kappa shape index (κ2) is 9.40. The van der Waals surface area contributed by atoms with Crippen LogP contribution in [0.3, 0.4) is 0 Å². The Morgan fingerprint density at radius 1 is 1.21 bits per heavy atom. The lowest BCUT2D eigenvalue weighted by Gasteiger charge is -2.19. The summed E-state index contributed by atoms with van der Waals surface area (Å²) in [5, 5.41) is 13.0. The molecule has 2 aromatic carbocycles. The molecule has 1 aromatic heterocycles. The van der Waals surface area contributed by atoms with Crippen molar-refractivity contribution in [1.29, 1.82) is 5.26 Å². The van der Waals surface area contributed by atoms with E-state index in [1.165, 1.54) is 0 Å². The summed E-state index contributed by atoms with van der Waals surface area (Å²) in [5.74, 6) is -3.07. The van der Waals surface area contributed by atoms with Gasteiger partial charge in [0.25, 0.3) is 5.56 Å². The molecule has 0 saturated carbocycles. The number of nitrogens with zero attached hydrogens (tertiary/aromatic N) is 3. The van der Waals surface area contributed by atoms with Crippen molar-refractivity contribution >= 4 is 18.1 Å². The zero-order valence-corrected chi connectivity index (χ0v) is 17.9. The number of nitriles is 1. The number of hydrazone groups is 1. The fourth-order valence-electron chi connectivity index (χ4n) is 2.76. The van der Waals surface area contributed by atoms with E-state index in [4.69, 9.17) is 4.74 Å². The largest absolute Gasteiger partial charge is 0.456 e. The Balaban J connectivity index is 1.86. The van der Waals surface area contributed by atoms with Crippen molar-refractivity contribution in [1.82, 2.24) is 9.97 Å². The van der Waals surface area contributed by atoms with Gasteiger partial charge in [0, 0.05) is 5.56 Å². The Hall–Kier alpha value is -4.39. The molecule has 10 heteroatoms. The van der Waals surface area contributed by atoms with Gasteiger partial charge in [0.05, 0.1) is 23.0 Å². The minimum Gasteiger partial charge on any atom is -0.456 e. The molecule has 0 amide bonds. The first kappa shape index (κ1) is 23.3. The molecule has 0 bridgehead atoms. The molecule has 0 aliphatic rings. The monoisotopic (exact) mass is 451 g/mol. The number of hydrogen-bond acceptors (Lipinski definition) is 7. The highest BCUT2D eigenvalue weighted by Crippen LogP contribution is 2.20. The SMILES string of the molecule is CC(C)(C)OC(=O)c1cc(F)c(C=NNc2nc(-c3ccccc3)c(C#N)c(=O)[nH]2)c(F)c1. The number of esters is 1. The molecule has 0 aliphatic heterocycles. The Bertz CT molecular complexity index is 1300. The Morgan fingerprint density at radius 2 is 1.85 bits per heavy atom. The van der Waals surface area contributed by atoms with Crippen molar-refractivity contribution in [2.24, 2.45) is 5.10 Å². The van der Waals surface area contributed by atoms with E-state index in [-0.39, 0.29) is 22.8 Å². The number of anilines is 1. The first-order chi connectivity index (χ1) is 15.6. The maximum absolute atomic E-state index is 14.4. The summed E-state index contributed by atoms with van der Waals surface area (Å²) in [5.41, 5.74) is 0.522. The third kappa shape index (κ3) is 5.65. The van der Waals surface area contributed by atoms with E-state index >= 15 is 0 Å². The summed E-state index contributed by atoms with van der Waals surface area (Å²) < 4.78 is 33.9. The quantitative estimate of drug-likeness (QED) is 0.344. The van der Waals surface area contributed by atoms with Crippen molar-refractivity contribution in [2.75, 3.05) is 5.43 Å². The molecule has 0 unspecified atom stereocenters. The molecule has 0 saturated heterocycles. The van der Waals surface area contributed by atoms with Crippen molar-refractivity contribution in [3.8, 4) is 17.3 Å². The van der Waals surface area contributed by atoms with Crippen LogP contribution in [0.1, 0.15) is 42.3 Å². The maximum Gasteiger partial charge on any atom is 0.338 e. The predicted octanol–water partition coefficient (Wildman–Crippen LogP) is 3.99. The topological polar surface area (TPSA) is 120 Å². The van der Waals surface area contributed by atoms with Gasteiger partial charge in [-0.05, 0) is 32.9 Å². The normalized spacial score (nSPS) is 11.3. The number of aromatic amines is 1. The van der Waals surface area contributed by atoms with E-state index in [1.54, 1.807) is 57.2 Å². The molecule has 8 nitrogen and oxygen atoms in total. The van der Waals surface area contributed by atoms with Crippen molar-refractivity contribution in [3.05, 3.63) is 81.1 Å². The second-order valence-corrected chi connectivity index (χ2v) is 7.84. The van der Waals surface area contributed by atoms with E-state index in [0.717, 1.165) is 18.3 Å². The first-order valence-electron chi connectivity index (χ1n) is 9.70. The van der Waals surface area contributed by atoms with Crippen LogP contribution in [0.2, 0.25) is 0 Å². The van der Waals surface area contributed by atoms with Crippen LogP contribution in [-0.4, -0.2) is 27.8 Å². The smallest absolute Gasteiger partial charge is 0.338 e. The van der Waals surface area contributed by atoms with Gasteiger partial charge < -0.3 is 4.74 Å². The average Bonchev–Trinajstić information content (AvgIpc) is 2.74. The third-order valence-electron chi connectivity index (χ3n) is 4.16. The number of benzene rings is 2. The highest BCUT2D eigenvalue weighted by Gasteiger charge is 2.21. The zero-order valence-electron chi connectivity index (χ0n) is 17.9. The van der Waals surface area contributed by atoms with Gasteiger partial charge in [-0.1, -0.05) is 30.3 Å². The van der Waals surface area contributed by atoms with Gasteiger partial charge in [-0.2, -0.15) is 10.4 Å². The average molecular weight is 451 g/mol. The van der Waals surface area contributed by atoms with Crippen LogP contribution < -0.4 is 11.0 Å². The van der Waals surface area contributed by atoms with E-state index in [1.807, 2.05) is 0 Å². The molecular weight excluding hydrogens is 432 g/mol. The van der Waals surface area contributed by atoms with E-state index < -0.39 is 34.3 Å². The fourth-order valence-corrected chi connectivity index (χ4v) is 2.76. The standard InChI is InChI=1S/C23H19F2N5O3/c1-23(2,3)33-21(32)14-9-17(24)16(18(25)10-14)12-27-30-22-28-19(13-7-5-4-6-8-13)15(11-26)20(31)29-22/h4-10,12H,1-3H3,(H2,28,29,30,31). The van der Waals surface area contributed by atoms with E-state index in [2.05, 4.69) is 20.5 Å². The van der Waals surface area contributed by atoms with Gasteiger partial charge >= 0.3 is 5.97 Å². The Morgan fingerprint density at radius 3 is 2.42 bits per heavy atom. The Kier molecular flexibility index (Phi) is 6.63. The summed E-state index contributed by atoms with van der Waals surface area (Å²) in [6.07, 6.45) is 0.837. The number of aromatic nitrogens is 2. The summed E-state index contributed by atoms with van der Waals surface area (Å²) in [7, 11) is 0. The van der Waals surface area contributed by atoms with E-state index in [9.17, 15) is 23.6 Å². The van der Waals surface area contributed by atoms with Crippen molar-refractivity contribution in [3.63, 3.8) is 0 Å². The van der Waals surface area contributed by atoms with Crippen molar-refractivity contribution in [2.45, 2.75) is 26.4 Å². The highest BCUT2D eigenvalue weighted by atomic mass is 19.1. The molecule has 3 aromatic rings. The molecule has 0 spiro atoms. The molecule has 33 heavy (non-hydrogen) atoms. The summed E-state index contributed by atoms with van der Waals surface area (Å²) in [6.45, 7) is 4.90. The fraction of sp³-hybridized carbons (Fsp3) is 0.174. The molecule has 0 atom stereocenters. The number of halogens is 2. The minimum absolute atomic E-state index is 0.124. The zero-order chi connectivity index (χ0) is 24.2. The molecule has 0 aliphatic carbocycles. The van der Waals surface area contributed by atoms with Crippen LogP contribution in [-0.2, 0) is 4.74 Å². The lowest BCUT2D eigenvalue weighted by atomic mass is 10.1. The molecule has 168 valence electrons. The Labute approximate surface area is 187 Å². The minimum atomic E-state index is -1.03. The van der Waals surface area contributed by atoms with Crippen LogP contribution in [0.5, 0.6) is 0 Å². The third-order valence-corrected chi connectivity index (χ3v) is 4.16. The molecule has 3 rings (SSSR count). The van der Waals surface area contributed by atoms with Crippen LogP contribution >= 0.6 is 0 Å².